The maximum Gasteiger partial charge on any atom is 0.0627 e. The summed E-state index contributed by atoms with van der Waals surface area (Å²) in [7, 11) is 1.92. The SMILES string of the molecule is COC1CC[C@H]2[C@@H]3CCC4CC(O)C(C)C[C@]4(C)[C@@H]3CC[C@]12C. The van der Waals surface area contributed by atoms with E-state index in [2.05, 4.69) is 20.8 Å². The van der Waals surface area contributed by atoms with E-state index in [1.54, 1.807) is 0 Å². The first-order chi connectivity index (χ1) is 10.9. The minimum atomic E-state index is -0.0529. The summed E-state index contributed by atoms with van der Waals surface area (Å²) in [6, 6.07) is 0. The van der Waals surface area contributed by atoms with Gasteiger partial charge in [0.05, 0.1) is 12.2 Å². The van der Waals surface area contributed by atoms with E-state index in [-0.39, 0.29) is 6.10 Å². The highest BCUT2D eigenvalue weighted by Crippen LogP contribution is 2.66. The number of rotatable bonds is 1. The molecule has 4 aliphatic rings. The summed E-state index contributed by atoms with van der Waals surface area (Å²) in [5.41, 5.74) is 0.910. The minimum absolute atomic E-state index is 0.0529. The molecule has 0 bridgehead atoms. The summed E-state index contributed by atoms with van der Waals surface area (Å²) in [6.45, 7) is 7.39. The zero-order chi connectivity index (χ0) is 16.4. The van der Waals surface area contributed by atoms with E-state index >= 15 is 0 Å². The third-order valence-electron chi connectivity index (χ3n) is 9.21. The van der Waals surface area contributed by atoms with E-state index in [1.807, 2.05) is 7.11 Å². The molecule has 0 amide bonds. The summed E-state index contributed by atoms with van der Waals surface area (Å²) in [5, 5.41) is 10.4. The topological polar surface area (TPSA) is 29.5 Å². The number of aliphatic hydroxyl groups is 1. The van der Waals surface area contributed by atoms with Crippen molar-refractivity contribution < 1.29 is 9.84 Å². The normalized spacial score (nSPS) is 59.1. The number of fused-ring (bicyclic) bond motifs is 5. The van der Waals surface area contributed by atoms with Crippen LogP contribution in [0.5, 0.6) is 0 Å². The van der Waals surface area contributed by atoms with Gasteiger partial charge in [-0.05, 0) is 91.8 Å². The molecule has 0 saturated heterocycles. The Balaban J connectivity index is 1.62. The molecule has 4 saturated carbocycles. The molecule has 4 aliphatic carbocycles. The van der Waals surface area contributed by atoms with Gasteiger partial charge in [-0.2, -0.15) is 0 Å². The van der Waals surface area contributed by atoms with Crippen molar-refractivity contribution in [3.05, 3.63) is 0 Å². The van der Waals surface area contributed by atoms with Crippen molar-refractivity contribution in [1.82, 2.24) is 0 Å². The zero-order valence-electron chi connectivity index (χ0n) is 15.6. The lowest BCUT2D eigenvalue weighted by atomic mass is 9.44. The quantitative estimate of drug-likeness (QED) is 0.762. The van der Waals surface area contributed by atoms with Crippen LogP contribution in [0.4, 0.5) is 0 Å². The molecule has 0 aromatic heterocycles. The Kier molecular flexibility index (Phi) is 3.89. The van der Waals surface area contributed by atoms with Gasteiger partial charge < -0.3 is 9.84 Å². The van der Waals surface area contributed by atoms with E-state index in [4.69, 9.17) is 4.74 Å². The number of aliphatic hydroxyl groups excluding tert-OH is 1. The van der Waals surface area contributed by atoms with Crippen molar-refractivity contribution >= 4 is 0 Å². The van der Waals surface area contributed by atoms with Gasteiger partial charge in [0.25, 0.3) is 0 Å². The summed E-state index contributed by atoms with van der Waals surface area (Å²) in [5.74, 6) is 3.94. The second kappa shape index (κ2) is 5.46. The second-order valence-electron chi connectivity index (χ2n) is 9.99. The second-order valence-corrected chi connectivity index (χ2v) is 9.99. The molecule has 4 unspecified atom stereocenters. The molecule has 2 nitrogen and oxygen atoms in total. The molecule has 0 aromatic carbocycles. The highest BCUT2D eigenvalue weighted by atomic mass is 16.5. The summed E-state index contributed by atoms with van der Waals surface area (Å²) < 4.78 is 5.89. The molecule has 0 heterocycles. The van der Waals surface area contributed by atoms with E-state index in [0.29, 0.717) is 22.9 Å². The minimum Gasteiger partial charge on any atom is -0.393 e. The van der Waals surface area contributed by atoms with Gasteiger partial charge in [0, 0.05) is 7.11 Å². The average Bonchev–Trinajstić information content (AvgIpc) is 2.85. The van der Waals surface area contributed by atoms with E-state index in [0.717, 1.165) is 30.1 Å². The first kappa shape index (κ1) is 16.4. The predicted molar refractivity (Wildman–Crippen MR) is 93.1 cm³/mol. The smallest absolute Gasteiger partial charge is 0.0627 e. The number of hydrogen-bond acceptors (Lipinski definition) is 2. The molecule has 9 atom stereocenters. The lowest BCUT2D eigenvalue weighted by molar-refractivity contribution is -0.148. The molecule has 132 valence electrons. The highest BCUT2D eigenvalue weighted by Gasteiger charge is 2.60. The van der Waals surface area contributed by atoms with E-state index in [1.165, 1.54) is 44.9 Å². The number of methoxy groups -OCH3 is 1. The maximum atomic E-state index is 10.4. The van der Waals surface area contributed by atoms with Gasteiger partial charge >= 0.3 is 0 Å². The van der Waals surface area contributed by atoms with Gasteiger partial charge in [0.15, 0.2) is 0 Å². The van der Waals surface area contributed by atoms with Crippen LogP contribution < -0.4 is 0 Å². The first-order valence-corrected chi connectivity index (χ1v) is 10.1. The van der Waals surface area contributed by atoms with Crippen molar-refractivity contribution in [1.29, 1.82) is 0 Å². The molecule has 0 spiro atoms. The number of hydrogen-bond donors (Lipinski definition) is 1. The standard InChI is InChI=1S/C21H36O2/c1-13-12-21(3)14(11-18(13)22)5-6-15-16-7-8-19(23-4)20(16,2)10-9-17(15)21/h13-19,22H,5-12H2,1-4H3/t13?,14?,15-,16-,17+,18?,19?,20-,21-/m0/s1. The largest absolute Gasteiger partial charge is 0.393 e. The fraction of sp³-hybridized carbons (Fsp3) is 1.00. The highest BCUT2D eigenvalue weighted by molar-refractivity contribution is 5.10. The molecule has 0 radical (unpaired) electrons. The van der Waals surface area contributed by atoms with Gasteiger partial charge in [-0.1, -0.05) is 20.8 Å². The Hall–Kier alpha value is -0.0800. The average molecular weight is 321 g/mol. The summed E-state index contributed by atoms with van der Waals surface area (Å²) in [6.07, 6.45) is 10.9. The lowest BCUT2D eigenvalue weighted by Crippen LogP contribution is -2.55. The van der Waals surface area contributed by atoms with Gasteiger partial charge in [-0.15, -0.1) is 0 Å². The van der Waals surface area contributed by atoms with Crippen LogP contribution in [0.15, 0.2) is 0 Å². The predicted octanol–water partition coefficient (Wildman–Crippen LogP) is 4.65. The molecule has 1 N–H and O–H groups in total. The van der Waals surface area contributed by atoms with Crippen LogP contribution in [0.3, 0.4) is 0 Å². The van der Waals surface area contributed by atoms with Crippen LogP contribution in [0.25, 0.3) is 0 Å². The monoisotopic (exact) mass is 320 g/mol. The van der Waals surface area contributed by atoms with E-state index in [9.17, 15) is 5.11 Å². The summed E-state index contributed by atoms with van der Waals surface area (Å²) in [4.78, 5) is 0. The van der Waals surface area contributed by atoms with Gasteiger partial charge in [-0.3, -0.25) is 0 Å². The first-order valence-electron chi connectivity index (χ1n) is 10.1. The third kappa shape index (κ3) is 2.20. The van der Waals surface area contributed by atoms with Crippen LogP contribution in [0.2, 0.25) is 0 Å². The molecule has 4 fully saturated rings. The van der Waals surface area contributed by atoms with Gasteiger partial charge in [0.2, 0.25) is 0 Å². The van der Waals surface area contributed by atoms with Crippen molar-refractivity contribution in [3.8, 4) is 0 Å². The molecule has 2 heteroatoms. The van der Waals surface area contributed by atoms with E-state index < -0.39 is 0 Å². The zero-order valence-corrected chi connectivity index (χ0v) is 15.6. The fourth-order valence-corrected chi connectivity index (χ4v) is 7.93. The summed E-state index contributed by atoms with van der Waals surface area (Å²) >= 11 is 0. The van der Waals surface area contributed by atoms with Crippen molar-refractivity contribution in [3.63, 3.8) is 0 Å². The Morgan fingerprint density at radius 1 is 0.957 bits per heavy atom. The maximum absolute atomic E-state index is 10.4. The van der Waals surface area contributed by atoms with Crippen LogP contribution >= 0.6 is 0 Å². The number of ether oxygens (including phenoxy) is 1. The Bertz CT molecular complexity index is 463. The van der Waals surface area contributed by atoms with Gasteiger partial charge in [-0.25, -0.2) is 0 Å². The van der Waals surface area contributed by atoms with Crippen molar-refractivity contribution in [2.45, 2.75) is 84.3 Å². The molecule has 0 aromatic rings. The Labute approximate surface area is 142 Å². The van der Waals surface area contributed by atoms with Crippen LogP contribution in [-0.2, 0) is 4.74 Å². The molecule has 4 rings (SSSR count). The third-order valence-corrected chi connectivity index (χ3v) is 9.21. The van der Waals surface area contributed by atoms with Crippen molar-refractivity contribution in [2.24, 2.45) is 40.4 Å². The lowest BCUT2D eigenvalue weighted by Gasteiger charge is -2.61. The molecule has 0 aliphatic heterocycles. The molecular weight excluding hydrogens is 284 g/mol. The Morgan fingerprint density at radius 2 is 1.70 bits per heavy atom. The Morgan fingerprint density at radius 3 is 2.43 bits per heavy atom. The van der Waals surface area contributed by atoms with Crippen LogP contribution in [-0.4, -0.2) is 24.4 Å². The molecule has 23 heavy (non-hydrogen) atoms. The molecular formula is C21H36O2. The van der Waals surface area contributed by atoms with Crippen molar-refractivity contribution in [2.75, 3.05) is 7.11 Å². The van der Waals surface area contributed by atoms with Crippen LogP contribution in [0.1, 0.15) is 72.1 Å². The van der Waals surface area contributed by atoms with Gasteiger partial charge in [0.1, 0.15) is 0 Å². The fourth-order valence-electron chi connectivity index (χ4n) is 7.93. The van der Waals surface area contributed by atoms with Crippen LogP contribution in [0, 0.1) is 40.4 Å².